The number of aromatic amines is 1. The molecule has 2 aromatic carbocycles. The van der Waals surface area contributed by atoms with Gasteiger partial charge in [-0.25, -0.2) is 4.98 Å². The molecule has 0 fully saturated rings. The molecule has 0 aliphatic rings. The van der Waals surface area contributed by atoms with Gasteiger partial charge in [-0.2, -0.15) is 4.98 Å². The third kappa shape index (κ3) is 3.52. The zero-order valence-corrected chi connectivity index (χ0v) is 16.4. The minimum atomic E-state index is -0.352. The van der Waals surface area contributed by atoms with Gasteiger partial charge in [0.2, 0.25) is 5.95 Å². The molecule has 0 atom stereocenters. The predicted molar refractivity (Wildman–Crippen MR) is 111 cm³/mol. The van der Waals surface area contributed by atoms with Gasteiger partial charge in [0, 0.05) is 17.7 Å². The fourth-order valence-corrected chi connectivity index (χ4v) is 3.16. The molecule has 0 unspecified atom stereocenters. The van der Waals surface area contributed by atoms with Crippen LogP contribution < -0.4 is 10.9 Å². The summed E-state index contributed by atoms with van der Waals surface area (Å²) in [6.45, 7) is 6.11. The number of aryl methyl sites for hydroxylation is 3. The van der Waals surface area contributed by atoms with Crippen molar-refractivity contribution in [3.8, 4) is 11.4 Å². The first-order valence-electron chi connectivity index (χ1n) is 9.28. The van der Waals surface area contributed by atoms with E-state index in [1.165, 1.54) is 0 Å². The Balaban J connectivity index is 1.60. The van der Waals surface area contributed by atoms with Crippen LogP contribution in [0.1, 0.15) is 28.5 Å². The summed E-state index contributed by atoms with van der Waals surface area (Å²) in [5.74, 6) is 0.409. The molecule has 29 heavy (non-hydrogen) atoms. The molecule has 2 aromatic heterocycles. The molecule has 146 valence electrons. The van der Waals surface area contributed by atoms with Crippen LogP contribution in [0, 0.1) is 13.8 Å². The van der Waals surface area contributed by atoms with Crippen LogP contribution in [0.3, 0.4) is 0 Å². The fourth-order valence-electron chi connectivity index (χ4n) is 3.16. The molecule has 0 saturated heterocycles. The van der Waals surface area contributed by atoms with E-state index in [0.717, 1.165) is 11.1 Å². The van der Waals surface area contributed by atoms with Gasteiger partial charge in [0.05, 0.1) is 11.0 Å². The molecule has 0 spiro atoms. The predicted octanol–water partition coefficient (Wildman–Crippen LogP) is 3.07. The van der Waals surface area contributed by atoms with Crippen molar-refractivity contribution in [2.24, 2.45) is 0 Å². The Kier molecular flexibility index (Phi) is 4.67. The van der Waals surface area contributed by atoms with E-state index in [4.69, 9.17) is 0 Å². The number of nitrogens with one attached hydrogen (secondary N) is 2. The van der Waals surface area contributed by atoms with E-state index in [2.05, 4.69) is 25.5 Å². The lowest BCUT2D eigenvalue weighted by atomic mass is 10.1. The standard InChI is InChI=1S/C21H20N6O2/c1-4-27-17-10-9-15(11-16(17)22-13(3)20(27)29)19(28)24-21-23-18(25-26-21)14-7-5-12(2)6-8-14/h5-11H,4H2,1-3H3,(H2,23,24,25,26,28). The van der Waals surface area contributed by atoms with Crippen molar-refractivity contribution in [3.05, 3.63) is 69.6 Å². The first-order valence-corrected chi connectivity index (χ1v) is 9.28. The Labute approximate surface area is 166 Å². The van der Waals surface area contributed by atoms with Gasteiger partial charge < -0.3 is 4.57 Å². The average molecular weight is 388 g/mol. The van der Waals surface area contributed by atoms with Crippen LogP contribution in [0.2, 0.25) is 0 Å². The first kappa shape index (κ1) is 18.5. The number of aromatic nitrogens is 5. The molecular weight excluding hydrogens is 368 g/mol. The number of rotatable bonds is 4. The lowest BCUT2D eigenvalue weighted by Crippen LogP contribution is -2.23. The van der Waals surface area contributed by atoms with Gasteiger partial charge in [0.15, 0.2) is 5.82 Å². The van der Waals surface area contributed by atoms with Gasteiger partial charge in [0.25, 0.3) is 11.5 Å². The number of carbonyl (C=O) groups is 1. The zero-order chi connectivity index (χ0) is 20.5. The van der Waals surface area contributed by atoms with Crippen LogP contribution in [0.5, 0.6) is 0 Å². The van der Waals surface area contributed by atoms with E-state index < -0.39 is 0 Å². The second-order valence-corrected chi connectivity index (χ2v) is 6.78. The molecule has 4 aromatic rings. The maximum Gasteiger partial charge on any atom is 0.272 e. The Hall–Kier alpha value is -3.81. The summed E-state index contributed by atoms with van der Waals surface area (Å²) in [5.41, 5.74) is 4.00. The summed E-state index contributed by atoms with van der Waals surface area (Å²) >= 11 is 0. The average Bonchev–Trinajstić information content (AvgIpc) is 3.17. The van der Waals surface area contributed by atoms with Crippen molar-refractivity contribution >= 4 is 22.9 Å². The third-order valence-electron chi connectivity index (χ3n) is 4.72. The number of fused-ring (bicyclic) bond motifs is 1. The van der Waals surface area contributed by atoms with Crippen molar-refractivity contribution in [1.29, 1.82) is 0 Å². The second-order valence-electron chi connectivity index (χ2n) is 6.78. The molecule has 1 amide bonds. The SMILES string of the molecule is CCn1c(=O)c(C)nc2cc(C(=O)Nc3n[nH]c(-c4ccc(C)cc4)n3)ccc21. The van der Waals surface area contributed by atoms with Crippen LogP contribution in [-0.4, -0.2) is 30.6 Å². The van der Waals surface area contributed by atoms with E-state index in [1.807, 2.05) is 38.1 Å². The Morgan fingerprint density at radius 1 is 1.10 bits per heavy atom. The van der Waals surface area contributed by atoms with Crippen molar-refractivity contribution in [1.82, 2.24) is 24.7 Å². The van der Waals surface area contributed by atoms with E-state index in [-0.39, 0.29) is 17.4 Å². The highest BCUT2D eigenvalue weighted by atomic mass is 16.2. The first-order chi connectivity index (χ1) is 14.0. The highest BCUT2D eigenvalue weighted by Gasteiger charge is 2.14. The van der Waals surface area contributed by atoms with Crippen LogP contribution in [0.25, 0.3) is 22.4 Å². The van der Waals surface area contributed by atoms with E-state index in [0.29, 0.717) is 34.7 Å². The topological polar surface area (TPSA) is 106 Å². The van der Waals surface area contributed by atoms with E-state index in [1.54, 1.807) is 29.7 Å². The summed E-state index contributed by atoms with van der Waals surface area (Å²) in [6, 6.07) is 12.9. The Bertz CT molecular complexity index is 1270. The zero-order valence-electron chi connectivity index (χ0n) is 16.4. The summed E-state index contributed by atoms with van der Waals surface area (Å²) in [6.07, 6.45) is 0. The smallest absolute Gasteiger partial charge is 0.272 e. The molecule has 2 heterocycles. The molecule has 0 bridgehead atoms. The molecule has 8 heteroatoms. The van der Waals surface area contributed by atoms with Gasteiger partial charge in [-0.3, -0.25) is 20.0 Å². The molecule has 0 saturated carbocycles. The highest BCUT2D eigenvalue weighted by molar-refractivity contribution is 6.05. The van der Waals surface area contributed by atoms with Crippen LogP contribution in [-0.2, 0) is 6.54 Å². The van der Waals surface area contributed by atoms with Crippen molar-refractivity contribution in [3.63, 3.8) is 0 Å². The number of benzene rings is 2. The van der Waals surface area contributed by atoms with Gasteiger partial charge in [-0.1, -0.05) is 29.8 Å². The minimum absolute atomic E-state index is 0.124. The van der Waals surface area contributed by atoms with Crippen LogP contribution in [0.4, 0.5) is 5.95 Å². The van der Waals surface area contributed by atoms with E-state index >= 15 is 0 Å². The van der Waals surface area contributed by atoms with Gasteiger partial charge in [-0.05, 0) is 39.0 Å². The highest BCUT2D eigenvalue weighted by Crippen LogP contribution is 2.18. The molecule has 0 aliphatic carbocycles. The summed E-state index contributed by atoms with van der Waals surface area (Å²) in [4.78, 5) is 33.5. The quantitative estimate of drug-likeness (QED) is 0.559. The van der Waals surface area contributed by atoms with Gasteiger partial charge in [-0.15, -0.1) is 5.10 Å². The van der Waals surface area contributed by atoms with Crippen LogP contribution >= 0.6 is 0 Å². The number of anilines is 1. The third-order valence-corrected chi connectivity index (χ3v) is 4.72. The van der Waals surface area contributed by atoms with E-state index in [9.17, 15) is 9.59 Å². The monoisotopic (exact) mass is 388 g/mol. The normalized spacial score (nSPS) is 11.0. The molecule has 0 aliphatic heterocycles. The lowest BCUT2D eigenvalue weighted by molar-refractivity contribution is 0.102. The maximum absolute atomic E-state index is 12.7. The molecule has 0 radical (unpaired) electrons. The molecule has 4 rings (SSSR count). The Morgan fingerprint density at radius 3 is 2.59 bits per heavy atom. The number of hydrogen-bond donors (Lipinski definition) is 2. The van der Waals surface area contributed by atoms with Gasteiger partial charge >= 0.3 is 0 Å². The molecular formula is C21H20N6O2. The minimum Gasteiger partial charge on any atom is -0.305 e. The molecule has 2 N–H and O–H groups in total. The number of H-pyrrole nitrogens is 1. The molecule has 8 nitrogen and oxygen atoms in total. The number of amides is 1. The van der Waals surface area contributed by atoms with Crippen molar-refractivity contribution in [2.45, 2.75) is 27.3 Å². The van der Waals surface area contributed by atoms with Crippen LogP contribution in [0.15, 0.2) is 47.3 Å². The summed E-state index contributed by atoms with van der Waals surface area (Å²) in [5, 5.41) is 9.59. The number of nitrogens with zero attached hydrogens (tertiary/aromatic N) is 4. The fraction of sp³-hybridized carbons (Fsp3) is 0.190. The van der Waals surface area contributed by atoms with Gasteiger partial charge in [0.1, 0.15) is 5.69 Å². The maximum atomic E-state index is 12.7. The second kappa shape index (κ2) is 7.31. The summed E-state index contributed by atoms with van der Waals surface area (Å²) in [7, 11) is 0. The van der Waals surface area contributed by atoms with Crippen molar-refractivity contribution in [2.75, 3.05) is 5.32 Å². The number of hydrogen-bond acceptors (Lipinski definition) is 5. The van der Waals surface area contributed by atoms with Crippen molar-refractivity contribution < 1.29 is 4.79 Å². The largest absolute Gasteiger partial charge is 0.305 e. The number of carbonyl (C=O) groups excluding carboxylic acids is 1. The Morgan fingerprint density at radius 2 is 1.86 bits per heavy atom. The lowest BCUT2D eigenvalue weighted by Gasteiger charge is -2.09. The summed E-state index contributed by atoms with van der Waals surface area (Å²) < 4.78 is 1.64.